The van der Waals surface area contributed by atoms with Crippen LogP contribution < -0.4 is 10.2 Å². The molecule has 30 heavy (non-hydrogen) atoms. The zero-order chi connectivity index (χ0) is 21.7. The van der Waals surface area contributed by atoms with E-state index in [0.717, 1.165) is 11.1 Å². The van der Waals surface area contributed by atoms with Gasteiger partial charge in [-0.05, 0) is 31.5 Å². The van der Waals surface area contributed by atoms with Crippen molar-refractivity contribution in [1.29, 1.82) is 0 Å². The van der Waals surface area contributed by atoms with E-state index < -0.39 is 6.10 Å². The van der Waals surface area contributed by atoms with E-state index in [1.54, 1.807) is 18.2 Å². The third kappa shape index (κ3) is 3.14. The van der Waals surface area contributed by atoms with Crippen molar-refractivity contribution in [2.75, 3.05) is 6.61 Å². The molecule has 0 aliphatic carbocycles. The molecule has 0 saturated heterocycles. The van der Waals surface area contributed by atoms with Crippen LogP contribution in [0, 0.1) is 18.8 Å². The van der Waals surface area contributed by atoms with Crippen LogP contribution >= 0.6 is 0 Å². The van der Waals surface area contributed by atoms with Gasteiger partial charge in [-0.15, -0.1) is 0 Å². The van der Waals surface area contributed by atoms with Gasteiger partial charge in [-0.25, -0.2) is 0 Å². The fourth-order valence-electron chi connectivity index (χ4n) is 4.12. The van der Waals surface area contributed by atoms with Crippen molar-refractivity contribution in [2.45, 2.75) is 40.2 Å². The lowest BCUT2D eigenvalue weighted by atomic mass is 9.85. The zero-order valence-corrected chi connectivity index (χ0v) is 17.7. The molecule has 2 atom stereocenters. The topological polar surface area (TPSA) is 76.7 Å². The molecule has 3 aromatic rings. The van der Waals surface area contributed by atoms with Gasteiger partial charge in [0.1, 0.15) is 22.7 Å². The number of carbonyl (C=O) groups is 1. The Morgan fingerprint density at radius 3 is 2.73 bits per heavy atom. The normalized spacial score (nSPS) is 18.5. The van der Waals surface area contributed by atoms with Gasteiger partial charge >= 0.3 is 0 Å². The molecule has 0 bridgehead atoms. The van der Waals surface area contributed by atoms with Crippen LogP contribution in [-0.4, -0.2) is 17.5 Å². The summed E-state index contributed by atoms with van der Waals surface area (Å²) in [6, 6.07) is 7.04. The lowest BCUT2D eigenvalue weighted by Crippen LogP contribution is -2.28. The first-order valence-corrected chi connectivity index (χ1v) is 10.2. The van der Waals surface area contributed by atoms with E-state index in [0.29, 0.717) is 45.4 Å². The summed E-state index contributed by atoms with van der Waals surface area (Å²) in [4.78, 5) is 25.8. The monoisotopic (exact) mass is 406 g/mol. The summed E-state index contributed by atoms with van der Waals surface area (Å²) in [5, 5.41) is 11.8. The van der Waals surface area contributed by atoms with E-state index in [1.165, 1.54) is 0 Å². The molecule has 5 heteroatoms. The minimum atomic E-state index is -0.903. The summed E-state index contributed by atoms with van der Waals surface area (Å²) in [5.74, 6) is 0.214. The zero-order valence-electron chi connectivity index (χ0n) is 17.7. The standard InChI is InChI=1S/C25H26O5/c1-12(2)17-11-29-24-14(5)9-19-20(21(24)23(17)28)22(27)16-8-6-7-15(25(16)30-19)10-18(26)13(3)4/h6-9,13,17,23,28H,1,10-11H2,2-5H3/t17-,23-/m1/s1. The molecule has 1 aliphatic rings. The molecule has 2 aromatic carbocycles. The summed E-state index contributed by atoms with van der Waals surface area (Å²) >= 11 is 0. The molecule has 0 amide bonds. The fourth-order valence-corrected chi connectivity index (χ4v) is 4.12. The van der Waals surface area contributed by atoms with Crippen molar-refractivity contribution in [3.8, 4) is 5.75 Å². The number of Topliss-reactive ketones (excluding diaryl/α,β-unsaturated/α-hetero) is 1. The van der Waals surface area contributed by atoms with Gasteiger partial charge in [-0.2, -0.15) is 0 Å². The van der Waals surface area contributed by atoms with E-state index in [4.69, 9.17) is 9.15 Å². The highest BCUT2D eigenvalue weighted by atomic mass is 16.5. The molecule has 156 valence electrons. The van der Waals surface area contributed by atoms with Gasteiger partial charge in [0.2, 0.25) is 5.43 Å². The minimum absolute atomic E-state index is 0.0833. The van der Waals surface area contributed by atoms with Crippen LogP contribution in [0.3, 0.4) is 0 Å². The highest BCUT2D eigenvalue weighted by Gasteiger charge is 2.34. The molecule has 1 N–H and O–H groups in total. The van der Waals surface area contributed by atoms with Crippen LogP contribution in [0.15, 0.2) is 45.6 Å². The first-order chi connectivity index (χ1) is 14.2. The number of ketones is 1. The molecular formula is C25H26O5. The first-order valence-electron chi connectivity index (χ1n) is 10.2. The van der Waals surface area contributed by atoms with Gasteiger partial charge in [-0.1, -0.05) is 38.1 Å². The SMILES string of the molecule is C=C(C)[C@H]1COc2c(C)cc3oc4c(CC(=O)C(C)C)cccc4c(=O)c3c2[C@@H]1O. The number of ether oxygens (including phenoxy) is 1. The summed E-state index contributed by atoms with van der Waals surface area (Å²) in [5.41, 5.74) is 3.31. The maximum atomic E-state index is 13.5. The number of carbonyl (C=O) groups excluding carboxylic acids is 1. The minimum Gasteiger partial charge on any atom is -0.492 e. The smallest absolute Gasteiger partial charge is 0.201 e. The largest absolute Gasteiger partial charge is 0.492 e. The number of aryl methyl sites for hydroxylation is 1. The fraction of sp³-hybridized carbons (Fsp3) is 0.360. The van der Waals surface area contributed by atoms with Crippen molar-refractivity contribution < 1.29 is 19.1 Å². The number of fused-ring (bicyclic) bond motifs is 4. The summed E-state index contributed by atoms with van der Waals surface area (Å²) in [7, 11) is 0. The number of benzene rings is 2. The maximum Gasteiger partial charge on any atom is 0.201 e. The molecule has 1 aliphatic heterocycles. The van der Waals surface area contributed by atoms with E-state index in [2.05, 4.69) is 6.58 Å². The van der Waals surface area contributed by atoms with Crippen LogP contribution in [0.4, 0.5) is 0 Å². The average molecular weight is 406 g/mol. The second-order valence-electron chi connectivity index (χ2n) is 8.54. The lowest BCUT2D eigenvalue weighted by molar-refractivity contribution is -0.121. The molecule has 1 aromatic heterocycles. The molecule has 0 radical (unpaired) electrons. The average Bonchev–Trinajstić information content (AvgIpc) is 2.68. The first kappa shape index (κ1) is 20.4. The van der Waals surface area contributed by atoms with Crippen molar-refractivity contribution in [2.24, 2.45) is 11.8 Å². The number of hydrogen-bond donors (Lipinski definition) is 1. The molecule has 0 fully saturated rings. The van der Waals surface area contributed by atoms with Gasteiger partial charge in [0.05, 0.1) is 23.5 Å². The van der Waals surface area contributed by atoms with E-state index in [1.807, 2.05) is 33.8 Å². The second-order valence-corrected chi connectivity index (χ2v) is 8.54. The maximum absolute atomic E-state index is 13.5. The Morgan fingerprint density at radius 2 is 2.07 bits per heavy atom. The van der Waals surface area contributed by atoms with Gasteiger partial charge in [0.25, 0.3) is 0 Å². The van der Waals surface area contributed by atoms with Crippen LogP contribution in [0.25, 0.3) is 21.9 Å². The highest BCUT2D eigenvalue weighted by molar-refractivity contribution is 5.96. The Balaban J connectivity index is 2.03. The lowest BCUT2D eigenvalue weighted by Gasteiger charge is -2.32. The number of para-hydroxylation sites is 1. The summed E-state index contributed by atoms with van der Waals surface area (Å²) in [6.07, 6.45) is -0.698. The third-order valence-corrected chi connectivity index (χ3v) is 5.97. The number of rotatable bonds is 4. The Hall–Kier alpha value is -2.92. The highest BCUT2D eigenvalue weighted by Crippen LogP contribution is 2.44. The number of aliphatic hydroxyl groups is 1. The predicted octanol–water partition coefficient (Wildman–Crippen LogP) is 4.64. The molecule has 2 heterocycles. The van der Waals surface area contributed by atoms with Gasteiger partial charge in [0.15, 0.2) is 0 Å². The van der Waals surface area contributed by atoms with E-state index in [9.17, 15) is 14.7 Å². The Labute approximate surface area is 175 Å². The van der Waals surface area contributed by atoms with Crippen molar-refractivity contribution in [3.63, 3.8) is 0 Å². The molecule has 5 nitrogen and oxygen atoms in total. The molecule has 0 unspecified atom stereocenters. The van der Waals surface area contributed by atoms with Crippen molar-refractivity contribution in [3.05, 3.63) is 63.3 Å². The van der Waals surface area contributed by atoms with Crippen LogP contribution in [-0.2, 0) is 11.2 Å². The van der Waals surface area contributed by atoms with Crippen molar-refractivity contribution in [1.82, 2.24) is 0 Å². The second kappa shape index (κ2) is 7.40. The van der Waals surface area contributed by atoms with E-state index in [-0.39, 0.29) is 29.5 Å². The van der Waals surface area contributed by atoms with Gasteiger partial charge in [0, 0.05) is 29.4 Å². The van der Waals surface area contributed by atoms with Crippen LogP contribution in [0.1, 0.15) is 43.6 Å². The van der Waals surface area contributed by atoms with Crippen LogP contribution in [0.5, 0.6) is 5.75 Å². The molecule has 0 spiro atoms. The number of aliphatic hydroxyl groups excluding tert-OH is 1. The summed E-state index contributed by atoms with van der Waals surface area (Å²) < 4.78 is 12.1. The Kier molecular flexibility index (Phi) is 5.02. The van der Waals surface area contributed by atoms with Gasteiger partial charge in [-0.3, -0.25) is 9.59 Å². The third-order valence-electron chi connectivity index (χ3n) is 5.97. The van der Waals surface area contributed by atoms with E-state index >= 15 is 0 Å². The van der Waals surface area contributed by atoms with Crippen molar-refractivity contribution >= 4 is 27.7 Å². The summed E-state index contributed by atoms with van der Waals surface area (Å²) in [6.45, 7) is 11.7. The number of hydrogen-bond acceptors (Lipinski definition) is 5. The quantitative estimate of drug-likeness (QED) is 0.505. The molecule has 4 rings (SSSR count). The molecular weight excluding hydrogens is 380 g/mol. The predicted molar refractivity (Wildman–Crippen MR) is 117 cm³/mol. The molecule has 0 saturated carbocycles. The Bertz CT molecular complexity index is 1250. The Morgan fingerprint density at radius 1 is 1.33 bits per heavy atom. The van der Waals surface area contributed by atoms with Crippen LogP contribution in [0.2, 0.25) is 0 Å². The van der Waals surface area contributed by atoms with Gasteiger partial charge < -0.3 is 14.3 Å².